The van der Waals surface area contributed by atoms with Gasteiger partial charge in [-0.3, -0.25) is 14.4 Å². The Morgan fingerprint density at radius 3 is 2.68 bits per heavy atom. The normalized spacial score (nSPS) is 11.9. The number of ether oxygens (including phenoxy) is 1. The van der Waals surface area contributed by atoms with E-state index in [1.807, 2.05) is 24.3 Å². The molecule has 6 nitrogen and oxygen atoms in total. The van der Waals surface area contributed by atoms with Crippen molar-refractivity contribution in [1.82, 2.24) is 5.32 Å². The highest BCUT2D eigenvalue weighted by molar-refractivity contribution is 7.21. The van der Waals surface area contributed by atoms with E-state index in [9.17, 15) is 14.4 Å². The lowest BCUT2D eigenvalue weighted by Crippen LogP contribution is -2.36. The zero-order chi connectivity index (χ0) is 16.3. The van der Waals surface area contributed by atoms with Crippen LogP contribution in [0.25, 0.3) is 10.1 Å². The Labute approximate surface area is 135 Å². The Hall–Kier alpha value is -2.12. The molecular formula is C14H13ClN2O4S. The molecule has 2 aromatic rings. The molecule has 0 aliphatic rings. The summed E-state index contributed by atoms with van der Waals surface area (Å²) in [6.45, 7) is 0.978. The molecule has 0 saturated heterocycles. The van der Waals surface area contributed by atoms with Gasteiger partial charge in [0.15, 0.2) is 6.10 Å². The van der Waals surface area contributed by atoms with Gasteiger partial charge in [0.25, 0.3) is 11.8 Å². The molecule has 0 radical (unpaired) electrons. The summed E-state index contributed by atoms with van der Waals surface area (Å²) in [4.78, 5) is 34.6. The van der Waals surface area contributed by atoms with Crippen LogP contribution in [-0.4, -0.2) is 30.4 Å². The average molecular weight is 341 g/mol. The van der Waals surface area contributed by atoms with Crippen LogP contribution in [0.1, 0.15) is 16.6 Å². The van der Waals surface area contributed by atoms with Crippen LogP contribution in [0.2, 0.25) is 5.02 Å². The van der Waals surface area contributed by atoms with Crippen molar-refractivity contribution in [3.63, 3.8) is 0 Å². The minimum absolute atomic E-state index is 0.318. The number of nitrogens with one attached hydrogen (secondary N) is 1. The molecule has 0 fully saturated rings. The molecule has 22 heavy (non-hydrogen) atoms. The van der Waals surface area contributed by atoms with Crippen molar-refractivity contribution in [2.75, 3.05) is 6.54 Å². The standard InChI is InChI=1S/C14H13ClN2O4S/c1-7(13(16)19)21-10(18)6-17-14(20)12-11(15)8-4-2-3-5-9(8)22-12/h2-5,7H,6H2,1H3,(H2,16,19)(H,17,20)/t7-/m0/s1. The highest BCUT2D eigenvalue weighted by Gasteiger charge is 2.19. The topological polar surface area (TPSA) is 98.5 Å². The number of thiophene rings is 1. The highest BCUT2D eigenvalue weighted by atomic mass is 35.5. The monoisotopic (exact) mass is 340 g/mol. The van der Waals surface area contributed by atoms with Crippen molar-refractivity contribution in [2.24, 2.45) is 5.73 Å². The molecule has 8 heteroatoms. The van der Waals surface area contributed by atoms with Gasteiger partial charge in [0, 0.05) is 10.1 Å². The SMILES string of the molecule is C[C@H](OC(=O)CNC(=O)c1sc2ccccc2c1Cl)C(N)=O. The van der Waals surface area contributed by atoms with Crippen LogP contribution in [0.5, 0.6) is 0 Å². The zero-order valence-electron chi connectivity index (χ0n) is 11.6. The third kappa shape index (κ3) is 3.55. The Kier molecular flexibility index (Phi) is 4.99. The fraction of sp³-hybridized carbons (Fsp3) is 0.214. The van der Waals surface area contributed by atoms with Gasteiger partial charge < -0.3 is 15.8 Å². The lowest BCUT2D eigenvalue weighted by molar-refractivity contribution is -0.152. The molecule has 3 N–H and O–H groups in total. The fourth-order valence-electron chi connectivity index (χ4n) is 1.69. The van der Waals surface area contributed by atoms with Gasteiger partial charge in [-0.05, 0) is 13.0 Å². The number of carbonyl (C=O) groups excluding carboxylic acids is 3. The third-order valence-electron chi connectivity index (χ3n) is 2.84. The van der Waals surface area contributed by atoms with Gasteiger partial charge in [-0.25, -0.2) is 0 Å². The summed E-state index contributed by atoms with van der Waals surface area (Å²) in [5.74, 6) is -1.99. The zero-order valence-corrected chi connectivity index (χ0v) is 13.2. The van der Waals surface area contributed by atoms with E-state index in [-0.39, 0.29) is 6.54 Å². The lowest BCUT2D eigenvalue weighted by atomic mass is 10.2. The van der Waals surface area contributed by atoms with E-state index in [0.29, 0.717) is 9.90 Å². The lowest BCUT2D eigenvalue weighted by Gasteiger charge is -2.09. The number of amides is 2. The van der Waals surface area contributed by atoms with Crippen LogP contribution in [0.4, 0.5) is 0 Å². The number of rotatable bonds is 5. The molecule has 0 unspecified atom stereocenters. The van der Waals surface area contributed by atoms with Crippen molar-refractivity contribution in [1.29, 1.82) is 0 Å². The van der Waals surface area contributed by atoms with Crippen LogP contribution in [0.15, 0.2) is 24.3 Å². The predicted molar refractivity (Wildman–Crippen MR) is 83.9 cm³/mol. The second-order valence-corrected chi connectivity index (χ2v) is 5.89. The number of hydrogen-bond donors (Lipinski definition) is 2. The second kappa shape index (κ2) is 6.76. The van der Waals surface area contributed by atoms with Crippen LogP contribution >= 0.6 is 22.9 Å². The van der Waals surface area contributed by atoms with Gasteiger partial charge in [0.1, 0.15) is 11.4 Å². The summed E-state index contributed by atoms with van der Waals surface area (Å²) in [5, 5.41) is 3.53. The van der Waals surface area contributed by atoms with Gasteiger partial charge in [-0.15, -0.1) is 11.3 Å². The van der Waals surface area contributed by atoms with Crippen LogP contribution in [0.3, 0.4) is 0 Å². The summed E-state index contributed by atoms with van der Waals surface area (Å²) < 4.78 is 5.61. The number of fused-ring (bicyclic) bond motifs is 1. The van der Waals surface area contributed by atoms with Gasteiger partial charge >= 0.3 is 5.97 Å². The summed E-state index contributed by atoms with van der Waals surface area (Å²) in [5.41, 5.74) is 4.97. The Bertz CT molecular complexity index is 744. The molecule has 1 heterocycles. The molecule has 2 amide bonds. The third-order valence-corrected chi connectivity index (χ3v) is 4.52. The van der Waals surface area contributed by atoms with Gasteiger partial charge in [0.05, 0.1) is 5.02 Å². The van der Waals surface area contributed by atoms with Gasteiger partial charge in [0.2, 0.25) is 0 Å². The average Bonchev–Trinajstić information content (AvgIpc) is 2.82. The first kappa shape index (κ1) is 16.3. The Morgan fingerprint density at radius 1 is 1.36 bits per heavy atom. The molecule has 0 aliphatic carbocycles. The van der Waals surface area contributed by atoms with Crippen LogP contribution < -0.4 is 11.1 Å². The van der Waals surface area contributed by atoms with Gasteiger partial charge in [-0.1, -0.05) is 29.8 Å². The summed E-state index contributed by atoms with van der Waals surface area (Å²) >= 11 is 7.40. The number of esters is 1. The number of primary amides is 1. The maximum Gasteiger partial charge on any atom is 0.326 e. The van der Waals surface area contributed by atoms with Crippen molar-refractivity contribution in [2.45, 2.75) is 13.0 Å². The highest BCUT2D eigenvalue weighted by Crippen LogP contribution is 2.34. The molecule has 0 bridgehead atoms. The summed E-state index contributed by atoms with van der Waals surface area (Å²) in [7, 11) is 0. The van der Waals surface area contributed by atoms with Crippen molar-refractivity contribution >= 4 is 50.8 Å². The maximum absolute atomic E-state index is 12.1. The number of halogens is 1. The smallest absolute Gasteiger partial charge is 0.326 e. The maximum atomic E-state index is 12.1. The molecule has 1 aromatic carbocycles. The van der Waals surface area contributed by atoms with E-state index in [1.165, 1.54) is 18.3 Å². The van der Waals surface area contributed by atoms with E-state index in [1.54, 1.807) is 0 Å². The minimum atomic E-state index is -1.04. The largest absolute Gasteiger partial charge is 0.451 e. The van der Waals surface area contributed by atoms with E-state index in [0.717, 1.165) is 10.1 Å². The number of benzene rings is 1. The van der Waals surface area contributed by atoms with Crippen LogP contribution in [-0.2, 0) is 14.3 Å². The van der Waals surface area contributed by atoms with Crippen molar-refractivity contribution < 1.29 is 19.1 Å². The Balaban J connectivity index is 2.01. The molecule has 0 spiro atoms. The van der Waals surface area contributed by atoms with Crippen molar-refractivity contribution in [3.8, 4) is 0 Å². The molecule has 1 aromatic heterocycles. The molecule has 1 atom stereocenters. The summed E-state index contributed by atoms with van der Waals surface area (Å²) in [6.07, 6.45) is -1.04. The molecule has 0 saturated carbocycles. The molecular weight excluding hydrogens is 328 g/mol. The second-order valence-electron chi connectivity index (χ2n) is 4.46. The molecule has 116 valence electrons. The Morgan fingerprint density at radius 2 is 2.05 bits per heavy atom. The first-order chi connectivity index (χ1) is 10.4. The van der Waals surface area contributed by atoms with E-state index in [2.05, 4.69) is 5.32 Å². The van der Waals surface area contributed by atoms with Gasteiger partial charge in [-0.2, -0.15) is 0 Å². The fourth-order valence-corrected chi connectivity index (χ4v) is 3.12. The van der Waals surface area contributed by atoms with Crippen LogP contribution in [0, 0.1) is 0 Å². The van der Waals surface area contributed by atoms with E-state index >= 15 is 0 Å². The molecule has 0 aliphatic heterocycles. The minimum Gasteiger partial charge on any atom is -0.451 e. The number of carbonyl (C=O) groups is 3. The quantitative estimate of drug-likeness (QED) is 0.809. The predicted octanol–water partition coefficient (Wildman–Crippen LogP) is 1.70. The summed E-state index contributed by atoms with van der Waals surface area (Å²) in [6, 6.07) is 7.34. The first-order valence-corrected chi connectivity index (χ1v) is 7.53. The van der Waals surface area contributed by atoms with E-state index < -0.39 is 23.9 Å². The first-order valence-electron chi connectivity index (χ1n) is 6.34. The van der Waals surface area contributed by atoms with Crippen molar-refractivity contribution in [3.05, 3.63) is 34.2 Å². The number of nitrogens with two attached hydrogens (primary N) is 1. The number of hydrogen-bond acceptors (Lipinski definition) is 5. The molecule has 2 rings (SSSR count). The van der Waals surface area contributed by atoms with E-state index in [4.69, 9.17) is 22.1 Å².